The summed E-state index contributed by atoms with van der Waals surface area (Å²) < 4.78 is 24.4. The zero-order valence-electron chi connectivity index (χ0n) is 6.88. The summed E-state index contributed by atoms with van der Waals surface area (Å²) in [7, 11) is 0. The number of hydrogen-bond donors (Lipinski definition) is 1. The van der Waals surface area contributed by atoms with Crippen molar-refractivity contribution >= 4 is 5.69 Å². The van der Waals surface area contributed by atoms with Crippen LogP contribution in [0.15, 0.2) is 6.20 Å². The van der Waals surface area contributed by atoms with Gasteiger partial charge in [-0.3, -0.25) is 4.98 Å². The zero-order valence-corrected chi connectivity index (χ0v) is 6.88. The van der Waals surface area contributed by atoms with Crippen LogP contribution in [-0.2, 0) is 0 Å². The van der Waals surface area contributed by atoms with Crippen molar-refractivity contribution in [3.05, 3.63) is 23.0 Å². The van der Waals surface area contributed by atoms with Crippen LogP contribution in [0.2, 0.25) is 0 Å². The molecule has 13 heavy (non-hydrogen) atoms. The van der Waals surface area contributed by atoms with Gasteiger partial charge in [0.1, 0.15) is 11.8 Å². The van der Waals surface area contributed by atoms with Gasteiger partial charge in [0.2, 0.25) is 0 Å². The average Bonchev–Trinajstić information content (AvgIpc) is 2.09. The normalized spacial score (nSPS) is 10.1. The van der Waals surface area contributed by atoms with E-state index in [4.69, 9.17) is 11.0 Å². The molecule has 1 heterocycles. The lowest BCUT2D eigenvalue weighted by molar-refractivity contribution is 0.147. The highest BCUT2D eigenvalue weighted by atomic mass is 19.3. The first-order valence-corrected chi connectivity index (χ1v) is 3.51. The molecule has 0 radical (unpaired) electrons. The summed E-state index contributed by atoms with van der Waals surface area (Å²) in [6.07, 6.45) is -1.60. The van der Waals surface area contributed by atoms with Gasteiger partial charge in [-0.15, -0.1) is 0 Å². The molecule has 68 valence electrons. The Bertz CT molecular complexity index is 368. The summed E-state index contributed by atoms with van der Waals surface area (Å²) >= 11 is 0. The zero-order chi connectivity index (χ0) is 10.0. The highest BCUT2D eigenvalue weighted by molar-refractivity contribution is 5.56. The molecule has 0 amide bonds. The van der Waals surface area contributed by atoms with Gasteiger partial charge in [-0.1, -0.05) is 0 Å². The highest BCUT2D eigenvalue weighted by Crippen LogP contribution is 2.26. The number of aromatic nitrogens is 1. The standard InChI is InChI=1S/C8H7F2N3/c1-4-5(2-11)3-13-7(6(4)12)8(9)10/h3,8H,12H2,1H3. The van der Waals surface area contributed by atoms with Crippen LogP contribution in [0.4, 0.5) is 14.5 Å². The molecular weight excluding hydrogens is 176 g/mol. The Hall–Kier alpha value is -1.70. The summed E-state index contributed by atoms with van der Waals surface area (Å²) in [5, 5.41) is 8.54. The van der Waals surface area contributed by atoms with Crippen molar-refractivity contribution < 1.29 is 8.78 Å². The Morgan fingerprint density at radius 1 is 1.62 bits per heavy atom. The van der Waals surface area contributed by atoms with Crippen molar-refractivity contribution in [2.75, 3.05) is 5.73 Å². The summed E-state index contributed by atoms with van der Waals surface area (Å²) in [5.74, 6) is 0. The van der Waals surface area contributed by atoms with Crippen LogP contribution in [0.25, 0.3) is 0 Å². The molecular formula is C8H7F2N3. The minimum Gasteiger partial charge on any atom is -0.397 e. The first-order chi connectivity index (χ1) is 6.07. The maximum Gasteiger partial charge on any atom is 0.282 e. The molecule has 1 aromatic rings. The van der Waals surface area contributed by atoms with E-state index in [-0.39, 0.29) is 11.3 Å². The van der Waals surface area contributed by atoms with Gasteiger partial charge >= 0.3 is 0 Å². The lowest BCUT2D eigenvalue weighted by atomic mass is 10.1. The van der Waals surface area contributed by atoms with E-state index < -0.39 is 12.1 Å². The number of rotatable bonds is 1. The molecule has 0 spiro atoms. The Balaban J connectivity index is 3.33. The van der Waals surface area contributed by atoms with Gasteiger partial charge in [-0.2, -0.15) is 5.26 Å². The van der Waals surface area contributed by atoms with E-state index in [1.54, 1.807) is 0 Å². The molecule has 0 bridgehead atoms. The molecule has 0 aromatic carbocycles. The average molecular weight is 183 g/mol. The summed E-state index contributed by atoms with van der Waals surface area (Å²) in [5.41, 5.74) is 5.38. The number of nitriles is 1. The predicted molar refractivity (Wildman–Crippen MR) is 43.1 cm³/mol. The van der Waals surface area contributed by atoms with Gasteiger partial charge in [-0.05, 0) is 12.5 Å². The lowest BCUT2D eigenvalue weighted by Crippen LogP contribution is -2.02. The molecule has 0 unspecified atom stereocenters. The Labute approximate surface area is 73.8 Å². The number of halogens is 2. The third-order valence-electron chi connectivity index (χ3n) is 1.74. The minimum atomic E-state index is -2.70. The maximum atomic E-state index is 12.2. The third kappa shape index (κ3) is 1.56. The minimum absolute atomic E-state index is 0.103. The predicted octanol–water partition coefficient (Wildman–Crippen LogP) is 1.78. The molecule has 5 heteroatoms. The second-order valence-electron chi connectivity index (χ2n) is 2.51. The van der Waals surface area contributed by atoms with Crippen molar-refractivity contribution in [1.82, 2.24) is 4.98 Å². The maximum absolute atomic E-state index is 12.2. The SMILES string of the molecule is Cc1c(C#N)cnc(C(F)F)c1N. The van der Waals surface area contributed by atoms with Gasteiger partial charge < -0.3 is 5.73 Å². The topological polar surface area (TPSA) is 62.7 Å². The van der Waals surface area contributed by atoms with Crippen molar-refractivity contribution in [2.24, 2.45) is 0 Å². The molecule has 0 saturated heterocycles. The number of nitrogens with zero attached hydrogens (tertiary/aromatic N) is 2. The van der Waals surface area contributed by atoms with Gasteiger partial charge in [0.25, 0.3) is 6.43 Å². The molecule has 1 rings (SSSR count). The first kappa shape index (κ1) is 9.39. The number of alkyl halides is 2. The number of pyridine rings is 1. The quantitative estimate of drug-likeness (QED) is 0.721. The molecule has 0 saturated carbocycles. The molecule has 0 aliphatic heterocycles. The van der Waals surface area contributed by atoms with Crippen LogP contribution >= 0.6 is 0 Å². The molecule has 0 atom stereocenters. The van der Waals surface area contributed by atoms with E-state index in [2.05, 4.69) is 4.98 Å². The molecule has 0 fully saturated rings. The van der Waals surface area contributed by atoms with Gasteiger partial charge in [-0.25, -0.2) is 8.78 Å². The molecule has 0 aliphatic rings. The van der Waals surface area contributed by atoms with Crippen molar-refractivity contribution in [1.29, 1.82) is 5.26 Å². The van der Waals surface area contributed by atoms with Crippen LogP contribution in [0, 0.1) is 18.3 Å². The van der Waals surface area contributed by atoms with Gasteiger partial charge in [0.05, 0.1) is 11.3 Å². The lowest BCUT2D eigenvalue weighted by Gasteiger charge is -2.06. The fourth-order valence-electron chi connectivity index (χ4n) is 0.924. The Kier molecular flexibility index (Phi) is 2.42. The van der Waals surface area contributed by atoms with Crippen LogP contribution in [0.5, 0.6) is 0 Å². The van der Waals surface area contributed by atoms with E-state index in [0.29, 0.717) is 5.56 Å². The van der Waals surface area contributed by atoms with E-state index in [0.717, 1.165) is 6.20 Å². The number of nitrogens with two attached hydrogens (primary N) is 1. The van der Waals surface area contributed by atoms with Crippen molar-refractivity contribution in [2.45, 2.75) is 13.3 Å². The van der Waals surface area contributed by atoms with Gasteiger partial charge in [0, 0.05) is 6.20 Å². The second-order valence-corrected chi connectivity index (χ2v) is 2.51. The summed E-state index contributed by atoms with van der Waals surface area (Å²) in [6.45, 7) is 1.52. The fraction of sp³-hybridized carbons (Fsp3) is 0.250. The van der Waals surface area contributed by atoms with Crippen LogP contribution in [-0.4, -0.2) is 4.98 Å². The Morgan fingerprint density at radius 3 is 2.69 bits per heavy atom. The fourth-order valence-corrected chi connectivity index (χ4v) is 0.924. The third-order valence-corrected chi connectivity index (χ3v) is 1.74. The largest absolute Gasteiger partial charge is 0.397 e. The van der Waals surface area contributed by atoms with Crippen LogP contribution in [0.1, 0.15) is 23.2 Å². The Morgan fingerprint density at radius 2 is 2.23 bits per heavy atom. The number of anilines is 1. The van der Waals surface area contributed by atoms with E-state index in [1.165, 1.54) is 6.92 Å². The molecule has 0 aliphatic carbocycles. The smallest absolute Gasteiger partial charge is 0.282 e. The second kappa shape index (κ2) is 3.35. The van der Waals surface area contributed by atoms with E-state index >= 15 is 0 Å². The molecule has 2 N–H and O–H groups in total. The van der Waals surface area contributed by atoms with E-state index in [1.807, 2.05) is 6.07 Å². The summed E-state index contributed by atoms with van der Waals surface area (Å²) in [4.78, 5) is 3.41. The van der Waals surface area contributed by atoms with E-state index in [9.17, 15) is 8.78 Å². The number of hydrogen-bond acceptors (Lipinski definition) is 3. The number of nitrogen functional groups attached to an aromatic ring is 1. The first-order valence-electron chi connectivity index (χ1n) is 3.51. The highest BCUT2D eigenvalue weighted by Gasteiger charge is 2.16. The van der Waals surface area contributed by atoms with Crippen LogP contribution < -0.4 is 5.73 Å². The van der Waals surface area contributed by atoms with Crippen LogP contribution in [0.3, 0.4) is 0 Å². The molecule has 3 nitrogen and oxygen atoms in total. The monoisotopic (exact) mass is 183 g/mol. The molecule has 1 aromatic heterocycles. The van der Waals surface area contributed by atoms with Crippen molar-refractivity contribution in [3.63, 3.8) is 0 Å². The van der Waals surface area contributed by atoms with Gasteiger partial charge in [0.15, 0.2) is 0 Å². The van der Waals surface area contributed by atoms with Crippen molar-refractivity contribution in [3.8, 4) is 6.07 Å². The summed E-state index contributed by atoms with van der Waals surface area (Å²) in [6, 6.07) is 1.81.